The Morgan fingerprint density at radius 2 is 1.55 bits per heavy atom. The Bertz CT molecular complexity index is 2340. The molecule has 55 heavy (non-hydrogen) atoms. The quantitative estimate of drug-likeness (QED) is 0.228. The highest BCUT2D eigenvalue weighted by molar-refractivity contribution is 6.23. The van der Waals surface area contributed by atoms with Gasteiger partial charge in [-0.25, -0.2) is 9.97 Å². The van der Waals surface area contributed by atoms with Crippen LogP contribution in [-0.4, -0.2) is 114 Å². The molecule has 3 fully saturated rings. The first-order valence-corrected chi connectivity index (χ1v) is 19.3. The van der Waals surface area contributed by atoms with Crippen LogP contribution in [0.2, 0.25) is 0 Å². The van der Waals surface area contributed by atoms with E-state index in [-0.39, 0.29) is 18.7 Å². The zero-order chi connectivity index (χ0) is 37.8. The summed E-state index contributed by atoms with van der Waals surface area (Å²) in [5.74, 6) is 0.673. The average Bonchev–Trinajstić information content (AvgIpc) is 3.74. The van der Waals surface area contributed by atoms with Gasteiger partial charge in [0.2, 0.25) is 11.8 Å². The molecule has 13 nitrogen and oxygen atoms in total. The predicted molar refractivity (Wildman–Crippen MR) is 212 cm³/mol. The molecule has 0 radical (unpaired) electrons. The molecule has 9 rings (SSSR count). The summed E-state index contributed by atoms with van der Waals surface area (Å²) < 4.78 is 2.12. The molecular formula is C42H45N9O4. The molecule has 1 atom stereocenters. The number of nitrogens with one attached hydrogen (secondary N) is 1. The van der Waals surface area contributed by atoms with Gasteiger partial charge in [0.15, 0.2) is 0 Å². The van der Waals surface area contributed by atoms with Gasteiger partial charge < -0.3 is 14.7 Å². The maximum atomic E-state index is 13.3. The highest BCUT2D eigenvalue weighted by atomic mass is 16.2. The van der Waals surface area contributed by atoms with Gasteiger partial charge in [-0.15, -0.1) is 0 Å². The predicted octanol–water partition coefficient (Wildman–Crippen LogP) is 4.47. The summed E-state index contributed by atoms with van der Waals surface area (Å²) in [5, 5.41) is 5.70. The molecule has 1 unspecified atom stereocenters. The van der Waals surface area contributed by atoms with Crippen LogP contribution in [0.3, 0.4) is 0 Å². The second kappa shape index (κ2) is 14.1. The summed E-state index contributed by atoms with van der Waals surface area (Å²) in [5.41, 5.74) is 3.76. The third-order valence-electron chi connectivity index (χ3n) is 12.0. The monoisotopic (exact) mass is 739 g/mol. The first kappa shape index (κ1) is 34.9. The van der Waals surface area contributed by atoms with Crippen molar-refractivity contribution < 1.29 is 19.2 Å². The first-order valence-electron chi connectivity index (χ1n) is 19.3. The minimum atomic E-state index is -0.957. The van der Waals surface area contributed by atoms with E-state index in [1.54, 1.807) is 12.1 Å². The molecule has 5 aromatic rings. The molecular weight excluding hydrogens is 695 g/mol. The summed E-state index contributed by atoms with van der Waals surface area (Å²) in [6.45, 7) is 6.59. The molecule has 1 N–H and O–H groups in total. The van der Waals surface area contributed by atoms with E-state index in [9.17, 15) is 19.2 Å². The molecule has 2 aromatic carbocycles. The van der Waals surface area contributed by atoms with Gasteiger partial charge >= 0.3 is 0 Å². The fraction of sp³-hybridized carbons (Fsp3) is 0.381. The second-order valence-corrected chi connectivity index (χ2v) is 15.4. The van der Waals surface area contributed by atoms with Crippen LogP contribution < -0.4 is 20.0 Å². The molecule has 3 saturated heterocycles. The number of amides is 4. The minimum Gasteiger partial charge on any atom is -0.377 e. The molecule has 7 heterocycles. The number of aromatic nitrogens is 3. The molecule has 4 amide bonds. The number of nitrogens with zero attached hydrogens (tertiary/aromatic N) is 8. The lowest BCUT2D eigenvalue weighted by molar-refractivity contribution is -0.136. The van der Waals surface area contributed by atoms with Crippen LogP contribution in [0, 0.1) is 5.92 Å². The Kier molecular flexibility index (Phi) is 8.96. The molecule has 4 aliphatic heterocycles. The van der Waals surface area contributed by atoms with Crippen molar-refractivity contribution in [3.05, 3.63) is 84.3 Å². The number of anilines is 3. The first-order chi connectivity index (χ1) is 26.7. The van der Waals surface area contributed by atoms with Crippen molar-refractivity contribution in [2.75, 3.05) is 74.6 Å². The van der Waals surface area contributed by atoms with E-state index in [2.05, 4.69) is 86.2 Å². The van der Waals surface area contributed by atoms with Crippen LogP contribution >= 0.6 is 0 Å². The number of rotatable bonds is 8. The lowest BCUT2D eigenvalue weighted by Crippen LogP contribution is -2.54. The lowest BCUT2D eigenvalue weighted by atomic mass is 9.93. The van der Waals surface area contributed by atoms with Crippen molar-refractivity contribution in [2.45, 2.75) is 38.1 Å². The number of pyridine rings is 2. The van der Waals surface area contributed by atoms with E-state index in [0.717, 1.165) is 97.2 Å². The van der Waals surface area contributed by atoms with Crippen molar-refractivity contribution in [1.82, 2.24) is 29.7 Å². The van der Waals surface area contributed by atoms with Crippen LogP contribution in [-0.2, 0) is 9.59 Å². The molecule has 3 aromatic heterocycles. The molecule has 0 aliphatic carbocycles. The summed E-state index contributed by atoms with van der Waals surface area (Å²) in [7, 11) is 4.13. The van der Waals surface area contributed by atoms with Crippen LogP contribution in [0.5, 0.6) is 0 Å². The number of imide groups is 2. The van der Waals surface area contributed by atoms with Gasteiger partial charge in [0, 0.05) is 99.7 Å². The number of hydrogen-bond donors (Lipinski definition) is 1. The largest absolute Gasteiger partial charge is 0.377 e. The maximum Gasteiger partial charge on any atom is 0.262 e. The zero-order valence-electron chi connectivity index (χ0n) is 31.3. The number of piperidine rings is 2. The van der Waals surface area contributed by atoms with E-state index in [1.165, 1.54) is 17.5 Å². The Morgan fingerprint density at radius 3 is 2.33 bits per heavy atom. The van der Waals surface area contributed by atoms with E-state index in [4.69, 9.17) is 9.97 Å². The summed E-state index contributed by atoms with van der Waals surface area (Å²) in [4.78, 5) is 70.6. The Morgan fingerprint density at radius 1 is 0.764 bits per heavy atom. The Balaban J connectivity index is 0.766. The van der Waals surface area contributed by atoms with Crippen molar-refractivity contribution in [2.24, 2.45) is 5.92 Å². The second-order valence-electron chi connectivity index (χ2n) is 15.4. The molecule has 13 heteroatoms. The number of carbonyl (C=O) groups excluding carboxylic acids is 4. The SMILES string of the molecule is CN(C)c1cccc2cnc(-n3ccc4cc(N5CCC(CCN6CCN(c7ccc8c(c7)C(=O)N(C7CCC(=O)NC7=O)C8=O)CC6)CC5)ncc43)cc12. The highest BCUT2D eigenvalue weighted by Crippen LogP contribution is 2.33. The third-order valence-corrected chi connectivity index (χ3v) is 12.0. The Hall–Kier alpha value is -5.82. The molecule has 0 saturated carbocycles. The number of piperazine rings is 1. The summed E-state index contributed by atoms with van der Waals surface area (Å²) in [6, 6.07) is 17.2. The van der Waals surface area contributed by atoms with Gasteiger partial charge in [0.25, 0.3) is 11.8 Å². The van der Waals surface area contributed by atoms with E-state index in [1.807, 2.05) is 18.5 Å². The van der Waals surface area contributed by atoms with Gasteiger partial charge in [-0.05, 0) is 80.6 Å². The summed E-state index contributed by atoms with van der Waals surface area (Å²) >= 11 is 0. The fourth-order valence-electron chi connectivity index (χ4n) is 8.76. The Labute approximate surface area is 319 Å². The molecule has 0 bridgehead atoms. The summed E-state index contributed by atoms with van der Waals surface area (Å²) in [6.07, 6.45) is 9.73. The molecule has 0 spiro atoms. The van der Waals surface area contributed by atoms with Crippen molar-refractivity contribution in [3.8, 4) is 5.82 Å². The maximum absolute atomic E-state index is 13.3. The molecule has 282 valence electrons. The number of benzene rings is 2. The smallest absolute Gasteiger partial charge is 0.262 e. The number of carbonyl (C=O) groups is 4. The van der Waals surface area contributed by atoms with Crippen LogP contribution in [0.15, 0.2) is 73.2 Å². The van der Waals surface area contributed by atoms with Crippen molar-refractivity contribution in [3.63, 3.8) is 0 Å². The van der Waals surface area contributed by atoms with Crippen molar-refractivity contribution in [1.29, 1.82) is 0 Å². The normalized spacial score (nSPS) is 19.8. The van der Waals surface area contributed by atoms with Crippen LogP contribution in [0.4, 0.5) is 17.2 Å². The van der Waals surface area contributed by atoms with Gasteiger partial charge in [-0.2, -0.15) is 0 Å². The highest BCUT2D eigenvalue weighted by Gasteiger charge is 2.44. The fourth-order valence-corrected chi connectivity index (χ4v) is 8.76. The molecule has 4 aliphatic rings. The van der Waals surface area contributed by atoms with Gasteiger partial charge in [-0.3, -0.25) is 38.9 Å². The van der Waals surface area contributed by atoms with Gasteiger partial charge in [0.05, 0.1) is 22.8 Å². The zero-order valence-corrected chi connectivity index (χ0v) is 31.3. The average molecular weight is 740 g/mol. The van der Waals surface area contributed by atoms with E-state index in [0.29, 0.717) is 17.0 Å². The number of fused-ring (bicyclic) bond motifs is 3. The minimum absolute atomic E-state index is 0.105. The van der Waals surface area contributed by atoms with Gasteiger partial charge in [0.1, 0.15) is 17.7 Å². The van der Waals surface area contributed by atoms with Gasteiger partial charge in [-0.1, -0.05) is 12.1 Å². The lowest BCUT2D eigenvalue weighted by Gasteiger charge is -2.38. The topological polar surface area (TPSA) is 127 Å². The standard InChI is InChI=1S/C42H45N9O4/c1-46(2)34-5-3-4-29-25-43-38(24-32(29)34)50-17-13-28-22-37(44-26-36(28)50)49-15-11-27(12-16-49)10-14-47-18-20-48(21-19-47)30-6-7-31-33(23-30)42(55)51(41(31)54)35-8-9-39(52)45-40(35)53/h3-7,13,17,22-27,35H,8-12,14-16,18-21H2,1-2H3,(H,45,52,53). The van der Waals surface area contributed by atoms with E-state index < -0.39 is 23.8 Å². The van der Waals surface area contributed by atoms with E-state index >= 15 is 0 Å². The van der Waals surface area contributed by atoms with Crippen LogP contribution in [0.25, 0.3) is 27.5 Å². The third kappa shape index (κ3) is 6.45. The number of hydrogen-bond acceptors (Lipinski definition) is 10. The van der Waals surface area contributed by atoms with Crippen LogP contribution in [0.1, 0.15) is 52.8 Å². The van der Waals surface area contributed by atoms with Crippen molar-refractivity contribution >= 4 is 62.5 Å².